The van der Waals surface area contributed by atoms with E-state index in [0.29, 0.717) is 5.92 Å². The first-order valence-electron chi connectivity index (χ1n) is 4.21. The lowest BCUT2D eigenvalue weighted by atomic mass is 10.2. The third-order valence-electron chi connectivity index (χ3n) is 1.40. The Labute approximate surface area is 79.9 Å². The maximum Gasteiger partial charge on any atom is 0.166 e. The fraction of sp³-hybridized carbons (Fsp3) is 0.875. The molecule has 0 aliphatic heterocycles. The van der Waals surface area contributed by atoms with E-state index in [2.05, 4.69) is 17.6 Å². The van der Waals surface area contributed by atoms with Crippen LogP contribution in [-0.4, -0.2) is 31.9 Å². The van der Waals surface area contributed by atoms with Gasteiger partial charge < -0.3 is 15.4 Å². The minimum atomic E-state index is 0.492. The van der Waals surface area contributed by atoms with Crippen LogP contribution in [0, 0.1) is 5.92 Å². The van der Waals surface area contributed by atoms with Crippen LogP contribution in [0.5, 0.6) is 0 Å². The summed E-state index contributed by atoms with van der Waals surface area (Å²) in [6.45, 7) is 6.63. The van der Waals surface area contributed by atoms with Crippen LogP contribution in [0.4, 0.5) is 0 Å². The lowest BCUT2D eigenvalue weighted by molar-refractivity contribution is 0.161. The number of nitrogens with one attached hydrogen (secondary N) is 2. The average molecular weight is 190 g/mol. The van der Waals surface area contributed by atoms with E-state index in [1.165, 1.54) is 0 Å². The highest BCUT2D eigenvalue weighted by Gasteiger charge is 2.00. The molecule has 0 amide bonds. The predicted octanol–water partition coefficient (Wildman–Crippen LogP) is 0.753. The highest BCUT2D eigenvalue weighted by molar-refractivity contribution is 7.80. The average Bonchev–Trinajstić information content (AvgIpc) is 2.02. The quantitative estimate of drug-likeness (QED) is 0.627. The Kier molecular flexibility index (Phi) is 7.09. The highest BCUT2D eigenvalue weighted by Crippen LogP contribution is 1.91. The zero-order valence-corrected chi connectivity index (χ0v) is 8.83. The van der Waals surface area contributed by atoms with E-state index in [1.807, 2.05) is 6.92 Å². The summed E-state index contributed by atoms with van der Waals surface area (Å²) in [5.74, 6) is 0.492. The molecule has 0 fully saturated rings. The van der Waals surface area contributed by atoms with Crippen LogP contribution in [0.1, 0.15) is 13.8 Å². The van der Waals surface area contributed by atoms with Gasteiger partial charge in [-0.25, -0.2) is 0 Å². The molecule has 0 saturated carbocycles. The molecule has 0 radical (unpaired) electrons. The fourth-order valence-corrected chi connectivity index (χ4v) is 1.06. The van der Waals surface area contributed by atoms with Crippen LogP contribution in [-0.2, 0) is 4.74 Å². The lowest BCUT2D eigenvalue weighted by Gasteiger charge is -2.13. The van der Waals surface area contributed by atoms with Crippen molar-refractivity contribution in [2.24, 2.45) is 5.92 Å². The Bertz CT molecular complexity index is 130. The molecule has 1 atom stereocenters. The maximum atomic E-state index is 4.99. The summed E-state index contributed by atoms with van der Waals surface area (Å²) >= 11 is 4.99. The summed E-state index contributed by atoms with van der Waals surface area (Å²) < 4.78 is 4.99. The normalized spacial score (nSPS) is 12.2. The Morgan fingerprint density at radius 2 is 2.17 bits per heavy atom. The van der Waals surface area contributed by atoms with Crippen molar-refractivity contribution in [3.8, 4) is 0 Å². The fourth-order valence-electron chi connectivity index (χ4n) is 0.833. The first-order valence-corrected chi connectivity index (χ1v) is 4.62. The van der Waals surface area contributed by atoms with Crippen molar-refractivity contribution in [3.05, 3.63) is 0 Å². The standard InChI is InChI=1S/C8H18N2OS/c1-4-9-8(12)10-5-7(2)6-11-3/h7H,4-6H2,1-3H3,(H2,9,10,12). The number of thiocarbonyl (C=S) groups is 1. The predicted molar refractivity (Wildman–Crippen MR) is 55.3 cm³/mol. The number of hydrogen-bond donors (Lipinski definition) is 2. The summed E-state index contributed by atoms with van der Waals surface area (Å²) in [6, 6.07) is 0. The van der Waals surface area contributed by atoms with E-state index in [0.717, 1.165) is 24.8 Å². The van der Waals surface area contributed by atoms with Gasteiger partial charge in [0.15, 0.2) is 5.11 Å². The molecular formula is C8H18N2OS. The molecule has 3 nitrogen and oxygen atoms in total. The molecule has 0 spiro atoms. The lowest BCUT2D eigenvalue weighted by Crippen LogP contribution is -2.38. The molecule has 0 saturated heterocycles. The summed E-state index contributed by atoms with van der Waals surface area (Å²) in [7, 11) is 1.71. The molecule has 0 aliphatic carbocycles. The molecule has 4 heteroatoms. The van der Waals surface area contributed by atoms with Gasteiger partial charge in [-0.3, -0.25) is 0 Å². The van der Waals surface area contributed by atoms with E-state index in [9.17, 15) is 0 Å². The van der Waals surface area contributed by atoms with Gasteiger partial charge in [-0.05, 0) is 25.1 Å². The zero-order chi connectivity index (χ0) is 9.40. The first-order chi connectivity index (χ1) is 5.70. The Hall–Kier alpha value is -0.350. The molecule has 0 aromatic heterocycles. The Morgan fingerprint density at radius 3 is 2.67 bits per heavy atom. The van der Waals surface area contributed by atoms with E-state index in [4.69, 9.17) is 17.0 Å². The van der Waals surface area contributed by atoms with Crippen molar-refractivity contribution < 1.29 is 4.74 Å². The molecule has 0 aliphatic rings. The molecule has 0 bridgehead atoms. The smallest absolute Gasteiger partial charge is 0.166 e. The van der Waals surface area contributed by atoms with Crippen molar-refractivity contribution in [3.63, 3.8) is 0 Å². The van der Waals surface area contributed by atoms with Gasteiger partial charge in [0.05, 0.1) is 6.61 Å². The molecule has 0 heterocycles. The molecule has 0 aromatic rings. The van der Waals surface area contributed by atoms with Gasteiger partial charge in [0, 0.05) is 20.2 Å². The topological polar surface area (TPSA) is 33.3 Å². The van der Waals surface area contributed by atoms with Gasteiger partial charge in [0.1, 0.15) is 0 Å². The van der Waals surface area contributed by atoms with Crippen molar-refractivity contribution in [1.29, 1.82) is 0 Å². The van der Waals surface area contributed by atoms with Crippen LogP contribution < -0.4 is 10.6 Å². The summed E-state index contributed by atoms with van der Waals surface area (Å²) in [5, 5.41) is 6.85. The molecule has 12 heavy (non-hydrogen) atoms. The van der Waals surface area contributed by atoms with E-state index < -0.39 is 0 Å². The van der Waals surface area contributed by atoms with E-state index in [1.54, 1.807) is 7.11 Å². The molecule has 0 rings (SSSR count). The van der Waals surface area contributed by atoms with Crippen LogP contribution >= 0.6 is 12.2 Å². The second kappa shape index (κ2) is 7.31. The van der Waals surface area contributed by atoms with E-state index >= 15 is 0 Å². The van der Waals surface area contributed by atoms with Crippen LogP contribution in [0.25, 0.3) is 0 Å². The monoisotopic (exact) mass is 190 g/mol. The zero-order valence-electron chi connectivity index (χ0n) is 8.02. The van der Waals surface area contributed by atoms with Crippen molar-refractivity contribution in [2.45, 2.75) is 13.8 Å². The van der Waals surface area contributed by atoms with Gasteiger partial charge in [-0.2, -0.15) is 0 Å². The molecule has 2 N–H and O–H groups in total. The number of ether oxygens (including phenoxy) is 1. The number of hydrogen-bond acceptors (Lipinski definition) is 2. The molecular weight excluding hydrogens is 172 g/mol. The van der Waals surface area contributed by atoms with Crippen LogP contribution in [0.15, 0.2) is 0 Å². The third-order valence-corrected chi connectivity index (χ3v) is 1.69. The molecule has 1 unspecified atom stereocenters. The van der Waals surface area contributed by atoms with Crippen molar-refractivity contribution in [1.82, 2.24) is 10.6 Å². The summed E-state index contributed by atoms with van der Waals surface area (Å²) in [6.07, 6.45) is 0. The SMILES string of the molecule is CCNC(=S)NCC(C)COC. The van der Waals surface area contributed by atoms with Gasteiger partial charge in [0.2, 0.25) is 0 Å². The van der Waals surface area contributed by atoms with Gasteiger partial charge >= 0.3 is 0 Å². The Balaban J connectivity index is 3.33. The van der Waals surface area contributed by atoms with Crippen LogP contribution in [0.3, 0.4) is 0 Å². The largest absolute Gasteiger partial charge is 0.384 e. The first kappa shape index (κ1) is 11.6. The maximum absolute atomic E-state index is 4.99. The van der Waals surface area contributed by atoms with Crippen LogP contribution in [0.2, 0.25) is 0 Å². The molecule has 72 valence electrons. The minimum Gasteiger partial charge on any atom is -0.384 e. The van der Waals surface area contributed by atoms with E-state index in [-0.39, 0.29) is 0 Å². The summed E-state index contributed by atoms with van der Waals surface area (Å²) in [5.41, 5.74) is 0. The second-order valence-corrected chi connectivity index (χ2v) is 3.21. The summed E-state index contributed by atoms with van der Waals surface area (Å²) in [4.78, 5) is 0. The van der Waals surface area contributed by atoms with Crippen molar-refractivity contribution >= 4 is 17.3 Å². The van der Waals surface area contributed by atoms with Gasteiger partial charge in [0.25, 0.3) is 0 Å². The number of rotatable bonds is 5. The van der Waals surface area contributed by atoms with Gasteiger partial charge in [-0.1, -0.05) is 6.92 Å². The van der Waals surface area contributed by atoms with Crippen molar-refractivity contribution in [2.75, 3.05) is 26.8 Å². The highest BCUT2D eigenvalue weighted by atomic mass is 32.1. The Morgan fingerprint density at radius 1 is 1.50 bits per heavy atom. The molecule has 0 aromatic carbocycles. The number of methoxy groups -OCH3 is 1. The third kappa shape index (κ3) is 6.37. The second-order valence-electron chi connectivity index (χ2n) is 2.80. The minimum absolute atomic E-state index is 0.492. The van der Waals surface area contributed by atoms with Gasteiger partial charge in [-0.15, -0.1) is 0 Å².